The normalized spacial score (nSPS) is 10.7. The molecule has 0 spiro atoms. The Hall–Kier alpha value is -1.96. The Bertz CT molecular complexity index is 575. The molecule has 0 saturated heterocycles. The van der Waals surface area contributed by atoms with Gasteiger partial charge in [-0.3, -0.25) is 0 Å². The fourth-order valence-electron chi connectivity index (χ4n) is 2.20. The van der Waals surface area contributed by atoms with E-state index in [0.717, 1.165) is 18.0 Å². The van der Waals surface area contributed by atoms with Crippen molar-refractivity contribution in [1.82, 2.24) is 0 Å². The predicted octanol–water partition coefficient (Wildman–Crippen LogP) is 4.70. The van der Waals surface area contributed by atoms with Crippen LogP contribution in [0.1, 0.15) is 30.5 Å². The van der Waals surface area contributed by atoms with Gasteiger partial charge in [0, 0.05) is 12.2 Å². The van der Waals surface area contributed by atoms with Crippen molar-refractivity contribution in [3.8, 4) is 5.75 Å². The largest absolute Gasteiger partial charge is 0.491 e. The molecule has 0 amide bonds. The second kappa shape index (κ2) is 6.47. The lowest BCUT2D eigenvalue weighted by atomic mass is 10.1. The summed E-state index contributed by atoms with van der Waals surface area (Å²) in [5, 5.41) is 3.48. The average Bonchev–Trinajstić information content (AvgIpc) is 2.37. The highest BCUT2D eigenvalue weighted by Crippen LogP contribution is 2.22. The highest BCUT2D eigenvalue weighted by Gasteiger charge is 2.02. The predicted molar refractivity (Wildman–Crippen MR) is 85.4 cm³/mol. The molecule has 2 rings (SSSR count). The lowest BCUT2D eigenvalue weighted by Crippen LogP contribution is -2.06. The number of rotatable bonds is 5. The van der Waals surface area contributed by atoms with Crippen molar-refractivity contribution in [3.63, 3.8) is 0 Å². The average molecular weight is 269 g/mol. The van der Waals surface area contributed by atoms with Crippen LogP contribution in [0.15, 0.2) is 42.5 Å². The molecular weight excluding hydrogens is 246 g/mol. The molecule has 0 fully saturated rings. The molecule has 0 saturated carbocycles. The molecule has 1 N–H and O–H groups in total. The van der Waals surface area contributed by atoms with Gasteiger partial charge >= 0.3 is 0 Å². The van der Waals surface area contributed by atoms with Crippen molar-refractivity contribution in [1.29, 1.82) is 0 Å². The first kappa shape index (κ1) is 14.4. The van der Waals surface area contributed by atoms with Gasteiger partial charge < -0.3 is 10.1 Å². The minimum atomic E-state index is 0.209. The van der Waals surface area contributed by atoms with E-state index in [-0.39, 0.29) is 6.10 Å². The third-order valence-corrected chi connectivity index (χ3v) is 3.14. The molecule has 2 nitrogen and oxygen atoms in total. The summed E-state index contributed by atoms with van der Waals surface area (Å²) >= 11 is 0. The lowest BCUT2D eigenvalue weighted by molar-refractivity contribution is 0.242. The standard InChI is InChI=1S/C18H23NO/c1-13(2)20-17-8-9-18(15(4)11-17)19-12-16-7-5-6-14(3)10-16/h5-11,13,19H,12H2,1-4H3. The minimum Gasteiger partial charge on any atom is -0.491 e. The molecule has 0 bridgehead atoms. The van der Waals surface area contributed by atoms with Gasteiger partial charge in [-0.15, -0.1) is 0 Å². The van der Waals surface area contributed by atoms with Crippen molar-refractivity contribution in [2.24, 2.45) is 0 Å². The van der Waals surface area contributed by atoms with Gasteiger partial charge in [0.25, 0.3) is 0 Å². The number of anilines is 1. The van der Waals surface area contributed by atoms with E-state index in [1.165, 1.54) is 16.7 Å². The van der Waals surface area contributed by atoms with Crippen LogP contribution in [0.5, 0.6) is 5.75 Å². The van der Waals surface area contributed by atoms with Gasteiger partial charge in [0.1, 0.15) is 5.75 Å². The molecule has 0 unspecified atom stereocenters. The molecule has 0 heterocycles. The maximum Gasteiger partial charge on any atom is 0.120 e. The van der Waals surface area contributed by atoms with E-state index in [4.69, 9.17) is 4.74 Å². The van der Waals surface area contributed by atoms with Crippen LogP contribution in [0.3, 0.4) is 0 Å². The summed E-state index contributed by atoms with van der Waals surface area (Å²) in [6.45, 7) is 9.14. The third kappa shape index (κ3) is 4.02. The number of hydrogen-bond acceptors (Lipinski definition) is 2. The summed E-state index contributed by atoms with van der Waals surface area (Å²) in [6, 6.07) is 14.8. The molecule has 0 aliphatic rings. The van der Waals surface area contributed by atoms with Crippen LogP contribution in [0.25, 0.3) is 0 Å². The number of nitrogens with one attached hydrogen (secondary N) is 1. The van der Waals surface area contributed by atoms with Crippen LogP contribution in [0.2, 0.25) is 0 Å². The third-order valence-electron chi connectivity index (χ3n) is 3.14. The van der Waals surface area contributed by atoms with Gasteiger partial charge in [-0.05, 0) is 57.0 Å². The van der Waals surface area contributed by atoms with Gasteiger partial charge in [0.05, 0.1) is 6.10 Å². The Morgan fingerprint density at radius 3 is 2.50 bits per heavy atom. The van der Waals surface area contributed by atoms with E-state index in [0.29, 0.717) is 0 Å². The van der Waals surface area contributed by atoms with Crippen LogP contribution >= 0.6 is 0 Å². The van der Waals surface area contributed by atoms with Crippen LogP contribution in [0.4, 0.5) is 5.69 Å². The molecule has 0 aliphatic heterocycles. The topological polar surface area (TPSA) is 21.3 Å². The fraction of sp³-hybridized carbons (Fsp3) is 0.333. The summed E-state index contributed by atoms with van der Waals surface area (Å²) < 4.78 is 5.70. The van der Waals surface area contributed by atoms with E-state index >= 15 is 0 Å². The quantitative estimate of drug-likeness (QED) is 0.849. The second-order valence-electron chi connectivity index (χ2n) is 5.49. The molecule has 0 aliphatic carbocycles. The molecule has 0 aromatic heterocycles. The van der Waals surface area contributed by atoms with Crippen LogP contribution in [0, 0.1) is 13.8 Å². The molecule has 0 radical (unpaired) electrons. The van der Waals surface area contributed by atoms with Gasteiger partial charge in [0.15, 0.2) is 0 Å². The SMILES string of the molecule is Cc1cccc(CNc2ccc(OC(C)C)cc2C)c1. The van der Waals surface area contributed by atoms with E-state index in [9.17, 15) is 0 Å². The summed E-state index contributed by atoms with van der Waals surface area (Å²) in [5.41, 5.74) is 4.95. The monoisotopic (exact) mass is 269 g/mol. The van der Waals surface area contributed by atoms with Crippen molar-refractivity contribution in [2.75, 3.05) is 5.32 Å². The Kier molecular flexibility index (Phi) is 4.67. The number of ether oxygens (including phenoxy) is 1. The molecule has 0 atom stereocenters. The Balaban J connectivity index is 2.03. The highest BCUT2D eigenvalue weighted by molar-refractivity contribution is 5.54. The number of hydrogen-bond donors (Lipinski definition) is 1. The molecule has 2 aromatic carbocycles. The Labute approximate surface area is 121 Å². The number of benzene rings is 2. The van der Waals surface area contributed by atoms with Crippen molar-refractivity contribution in [2.45, 2.75) is 40.3 Å². The van der Waals surface area contributed by atoms with Crippen molar-refractivity contribution < 1.29 is 4.74 Å². The first-order valence-corrected chi connectivity index (χ1v) is 7.11. The van der Waals surface area contributed by atoms with Crippen molar-refractivity contribution >= 4 is 5.69 Å². The molecule has 106 valence electrons. The van der Waals surface area contributed by atoms with E-state index < -0.39 is 0 Å². The van der Waals surface area contributed by atoms with Gasteiger partial charge in [0.2, 0.25) is 0 Å². The first-order valence-electron chi connectivity index (χ1n) is 7.11. The van der Waals surface area contributed by atoms with Crippen LogP contribution in [-0.4, -0.2) is 6.10 Å². The van der Waals surface area contributed by atoms with Gasteiger partial charge in [-0.1, -0.05) is 29.8 Å². The second-order valence-corrected chi connectivity index (χ2v) is 5.49. The minimum absolute atomic E-state index is 0.209. The van der Waals surface area contributed by atoms with Crippen LogP contribution in [-0.2, 0) is 6.54 Å². The zero-order chi connectivity index (χ0) is 14.5. The maximum absolute atomic E-state index is 5.70. The highest BCUT2D eigenvalue weighted by atomic mass is 16.5. The lowest BCUT2D eigenvalue weighted by Gasteiger charge is -2.14. The van der Waals surface area contributed by atoms with Gasteiger partial charge in [-0.25, -0.2) is 0 Å². The fourth-order valence-corrected chi connectivity index (χ4v) is 2.20. The first-order chi connectivity index (χ1) is 9.54. The van der Waals surface area contributed by atoms with E-state index in [1.807, 2.05) is 19.9 Å². The summed E-state index contributed by atoms with van der Waals surface area (Å²) in [6.07, 6.45) is 0.209. The van der Waals surface area contributed by atoms with E-state index in [1.54, 1.807) is 0 Å². The molecular formula is C18H23NO. The zero-order valence-corrected chi connectivity index (χ0v) is 12.7. The smallest absolute Gasteiger partial charge is 0.120 e. The molecule has 2 aromatic rings. The molecule has 2 heteroatoms. The Morgan fingerprint density at radius 2 is 1.85 bits per heavy atom. The zero-order valence-electron chi connectivity index (χ0n) is 12.7. The maximum atomic E-state index is 5.70. The van der Waals surface area contributed by atoms with E-state index in [2.05, 4.69) is 55.6 Å². The van der Waals surface area contributed by atoms with Crippen LogP contribution < -0.4 is 10.1 Å². The summed E-state index contributed by atoms with van der Waals surface area (Å²) in [7, 11) is 0. The summed E-state index contributed by atoms with van der Waals surface area (Å²) in [5.74, 6) is 0.929. The summed E-state index contributed by atoms with van der Waals surface area (Å²) in [4.78, 5) is 0. The number of aryl methyl sites for hydroxylation is 2. The van der Waals surface area contributed by atoms with Crippen molar-refractivity contribution in [3.05, 3.63) is 59.2 Å². The molecule has 20 heavy (non-hydrogen) atoms. The Morgan fingerprint density at radius 1 is 1.05 bits per heavy atom. The van der Waals surface area contributed by atoms with Gasteiger partial charge in [-0.2, -0.15) is 0 Å².